The molecule has 0 saturated heterocycles. The number of nitrogens with one attached hydrogen (secondary N) is 2. The van der Waals surface area contributed by atoms with Crippen molar-refractivity contribution in [2.45, 2.75) is 6.18 Å². The van der Waals surface area contributed by atoms with E-state index in [1.165, 1.54) is 36.4 Å². The molecule has 22 heavy (non-hydrogen) atoms. The summed E-state index contributed by atoms with van der Waals surface area (Å²) in [5, 5.41) is 4.82. The molecule has 0 atom stereocenters. The van der Waals surface area contributed by atoms with Gasteiger partial charge in [0.25, 0.3) is 0 Å². The van der Waals surface area contributed by atoms with Crippen LogP contribution < -0.4 is 10.6 Å². The molecular formula is C15H12F4N2O. The van der Waals surface area contributed by atoms with Gasteiger partial charge in [-0.3, -0.25) is 4.79 Å². The second-order valence-electron chi connectivity index (χ2n) is 4.46. The molecule has 0 spiro atoms. The lowest BCUT2D eigenvalue weighted by atomic mass is 10.1. The predicted molar refractivity (Wildman–Crippen MR) is 75.0 cm³/mol. The molecule has 0 aliphatic heterocycles. The van der Waals surface area contributed by atoms with Crippen LogP contribution in [0.5, 0.6) is 0 Å². The number of halogens is 4. The van der Waals surface area contributed by atoms with Crippen molar-refractivity contribution in [1.29, 1.82) is 0 Å². The van der Waals surface area contributed by atoms with Crippen molar-refractivity contribution in [3.8, 4) is 0 Å². The van der Waals surface area contributed by atoms with Crippen LogP contribution in [0, 0.1) is 5.82 Å². The van der Waals surface area contributed by atoms with Crippen LogP contribution in [0.3, 0.4) is 0 Å². The molecule has 0 bridgehead atoms. The number of hydrogen-bond donors (Lipinski definition) is 2. The fourth-order valence-electron chi connectivity index (χ4n) is 1.81. The molecule has 1 amide bonds. The van der Waals surface area contributed by atoms with Gasteiger partial charge in [-0.1, -0.05) is 18.2 Å². The summed E-state index contributed by atoms with van der Waals surface area (Å²) in [6.45, 7) is -0.282. The van der Waals surface area contributed by atoms with Crippen LogP contribution in [-0.4, -0.2) is 12.5 Å². The maximum absolute atomic E-state index is 13.0. The zero-order chi connectivity index (χ0) is 16.2. The highest BCUT2D eigenvalue weighted by molar-refractivity contribution is 5.94. The summed E-state index contributed by atoms with van der Waals surface area (Å²) in [5.74, 6) is -1.14. The van der Waals surface area contributed by atoms with E-state index in [1.807, 2.05) is 0 Å². The van der Waals surface area contributed by atoms with Gasteiger partial charge in [0.1, 0.15) is 5.82 Å². The van der Waals surface area contributed by atoms with Crippen molar-refractivity contribution < 1.29 is 22.4 Å². The molecule has 0 unspecified atom stereocenters. The van der Waals surface area contributed by atoms with Gasteiger partial charge in [0, 0.05) is 5.69 Å². The Balaban J connectivity index is 2.01. The number of benzene rings is 2. The molecule has 0 aliphatic rings. The Labute approximate surface area is 124 Å². The third-order valence-electron chi connectivity index (χ3n) is 2.78. The molecule has 0 radical (unpaired) electrons. The lowest BCUT2D eigenvalue weighted by Gasteiger charge is -2.14. The Bertz CT molecular complexity index is 671. The highest BCUT2D eigenvalue weighted by Crippen LogP contribution is 2.34. The molecule has 2 rings (SSSR count). The number of hydrogen-bond acceptors (Lipinski definition) is 2. The summed E-state index contributed by atoms with van der Waals surface area (Å²) >= 11 is 0. The maximum atomic E-state index is 13.0. The Morgan fingerprint density at radius 2 is 1.77 bits per heavy atom. The molecule has 0 aromatic heterocycles. The van der Waals surface area contributed by atoms with Gasteiger partial charge < -0.3 is 10.6 Å². The van der Waals surface area contributed by atoms with Crippen LogP contribution in [0.25, 0.3) is 0 Å². The molecule has 2 N–H and O–H groups in total. The Kier molecular flexibility index (Phi) is 4.65. The minimum atomic E-state index is -4.56. The molecule has 2 aromatic rings. The van der Waals surface area contributed by atoms with E-state index >= 15 is 0 Å². The average Bonchev–Trinajstić information content (AvgIpc) is 2.45. The van der Waals surface area contributed by atoms with Crippen molar-refractivity contribution in [2.24, 2.45) is 0 Å². The third-order valence-corrected chi connectivity index (χ3v) is 2.78. The second-order valence-corrected chi connectivity index (χ2v) is 4.46. The molecule has 0 heterocycles. The average molecular weight is 312 g/mol. The van der Waals surface area contributed by atoms with Crippen LogP contribution in [0.4, 0.5) is 28.9 Å². The first-order valence-electron chi connectivity index (χ1n) is 6.32. The first kappa shape index (κ1) is 15.8. The van der Waals surface area contributed by atoms with Crippen LogP contribution in [-0.2, 0) is 11.0 Å². The number of carbonyl (C=O) groups is 1. The second kappa shape index (κ2) is 6.46. The summed E-state index contributed by atoms with van der Waals surface area (Å²) in [6.07, 6.45) is -4.56. The van der Waals surface area contributed by atoms with Gasteiger partial charge in [-0.25, -0.2) is 4.39 Å². The molecule has 0 aliphatic carbocycles. The molecule has 2 aromatic carbocycles. The monoisotopic (exact) mass is 312 g/mol. The van der Waals surface area contributed by atoms with E-state index in [-0.39, 0.29) is 12.2 Å². The van der Waals surface area contributed by atoms with E-state index < -0.39 is 23.5 Å². The molecule has 0 fully saturated rings. The normalized spacial score (nSPS) is 11.1. The molecular weight excluding hydrogens is 300 g/mol. The van der Waals surface area contributed by atoms with Gasteiger partial charge in [0.15, 0.2) is 0 Å². The fourth-order valence-corrected chi connectivity index (χ4v) is 1.81. The summed E-state index contributed by atoms with van der Waals surface area (Å²) in [4.78, 5) is 11.7. The summed E-state index contributed by atoms with van der Waals surface area (Å²) in [6, 6.07) is 10.1. The number of rotatable bonds is 4. The number of carbonyl (C=O) groups excluding carboxylic acids is 1. The van der Waals surface area contributed by atoms with Crippen molar-refractivity contribution in [3.05, 3.63) is 59.9 Å². The lowest BCUT2D eigenvalue weighted by Crippen LogP contribution is -2.23. The third kappa shape index (κ3) is 4.21. The van der Waals surface area contributed by atoms with E-state index in [0.29, 0.717) is 5.69 Å². The zero-order valence-corrected chi connectivity index (χ0v) is 11.2. The topological polar surface area (TPSA) is 41.1 Å². The van der Waals surface area contributed by atoms with Gasteiger partial charge in [-0.2, -0.15) is 13.2 Å². The van der Waals surface area contributed by atoms with Gasteiger partial charge in [-0.15, -0.1) is 0 Å². The standard InChI is InChI=1S/C15H12F4N2O/c16-10-4-3-5-11(8-10)20-9-14(22)21-13-7-2-1-6-12(13)15(17,18)19/h1-8,20H,9H2,(H,21,22). The largest absolute Gasteiger partial charge is 0.418 e. The maximum Gasteiger partial charge on any atom is 0.418 e. The van der Waals surface area contributed by atoms with E-state index in [0.717, 1.165) is 6.07 Å². The first-order valence-corrected chi connectivity index (χ1v) is 6.32. The Hall–Kier alpha value is -2.57. The highest BCUT2D eigenvalue weighted by atomic mass is 19.4. The van der Waals surface area contributed by atoms with E-state index in [4.69, 9.17) is 0 Å². The molecule has 3 nitrogen and oxygen atoms in total. The van der Waals surface area contributed by atoms with Gasteiger partial charge >= 0.3 is 6.18 Å². The SMILES string of the molecule is O=C(CNc1cccc(F)c1)Nc1ccccc1C(F)(F)F. The van der Waals surface area contributed by atoms with Crippen molar-refractivity contribution in [3.63, 3.8) is 0 Å². The van der Waals surface area contributed by atoms with Crippen LogP contribution in [0.1, 0.15) is 5.56 Å². The summed E-state index contributed by atoms with van der Waals surface area (Å²) in [7, 11) is 0. The lowest BCUT2D eigenvalue weighted by molar-refractivity contribution is -0.137. The smallest absolute Gasteiger partial charge is 0.376 e. The Morgan fingerprint density at radius 3 is 2.45 bits per heavy atom. The van der Waals surface area contributed by atoms with Crippen LogP contribution >= 0.6 is 0 Å². The quantitative estimate of drug-likeness (QED) is 0.841. The molecule has 0 saturated carbocycles. The van der Waals surface area contributed by atoms with Crippen molar-refractivity contribution in [1.82, 2.24) is 0 Å². The molecule has 7 heteroatoms. The van der Waals surface area contributed by atoms with E-state index in [2.05, 4.69) is 10.6 Å². The van der Waals surface area contributed by atoms with Crippen molar-refractivity contribution in [2.75, 3.05) is 17.2 Å². The summed E-state index contributed by atoms with van der Waals surface area (Å²) < 4.78 is 51.3. The fraction of sp³-hybridized carbons (Fsp3) is 0.133. The first-order chi connectivity index (χ1) is 10.4. The summed E-state index contributed by atoms with van der Waals surface area (Å²) in [5.41, 5.74) is -0.880. The van der Waals surface area contributed by atoms with Gasteiger partial charge in [-0.05, 0) is 30.3 Å². The minimum absolute atomic E-state index is 0.282. The minimum Gasteiger partial charge on any atom is -0.376 e. The highest BCUT2D eigenvalue weighted by Gasteiger charge is 2.33. The number of anilines is 2. The number of alkyl halides is 3. The number of para-hydroxylation sites is 1. The van der Waals surface area contributed by atoms with E-state index in [1.54, 1.807) is 6.07 Å². The van der Waals surface area contributed by atoms with Crippen molar-refractivity contribution >= 4 is 17.3 Å². The van der Waals surface area contributed by atoms with Gasteiger partial charge in [0.2, 0.25) is 5.91 Å². The molecule has 116 valence electrons. The van der Waals surface area contributed by atoms with Gasteiger partial charge in [0.05, 0.1) is 17.8 Å². The predicted octanol–water partition coefficient (Wildman–Crippen LogP) is 3.90. The van der Waals surface area contributed by atoms with Crippen LogP contribution in [0.15, 0.2) is 48.5 Å². The van der Waals surface area contributed by atoms with Crippen LogP contribution in [0.2, 0.25) is 0 Å². The van der Waals surface area contributed by atoms with E-state index in [9.17, 15) is 22.4 Å². The zero-order valence-electron chi connectivity index (χ0n) is 11.2. The number of amides is 1. The Morgan fingerprint density at radius 1 is 1.05 bits per heavy atom.